The topological polar surface area (TPSA) is 57.7 Å². The van der Waals surface area contributed by atoms with Crippen LogP contribution in [-0.2, 0) is 13.0 Å². The number of hydrogen-bond acceptors (Lipinski definition) is 4. The van der Waals surface area contributed by atoms with Gasteiger partial charge in [-0.3, -0.25) is 10.00 Å². The zero-order valence-corrected chi connectivity index (χ0v) is 15.5. The fourth-order valence-corrected chi connectivity index (χ4v) is 3.37. The first-order valence-electron chi connectivity index (χ1n) is 8.58. The van der Waals surface area contributed by atoms with Gasteiger partial charge in [0.25, 0.3) is 0 Å². The van der Waals surface area contributed by atoms with Gasteiger partial charge in [-0.25, -0.2) is 9.97 Å². The first-order chi connectivity index (χ1) is 12.3. The largest absolute Gasteiger partial charge is 0.295 e. The van der Waals surface area contributed by atoms with Crippen molar-refractivity contribution in [3.05, 3.63) is 71.2 Å². The van der Waals surface area contributed by atoms with Gasteiger partial charge in [-0.05, 0) is 36.1 Å². The van der Waals surface area contributed by atoms with Crippen LogP contribution in [-0.4, -0.2) is 38.2 Å². The van der Waals surface area contributed by atoms with Crippen molar-refractivity contribution >= 4 is 18.5 Å². The minimum atomic E-state index is 0. The van der Waals surface area contributed by atoms with Crippen molar-refractivity contribution in [2.24, 2.45) is 0 Å². The van der Waals surface area contributed by atoms with Gasteiger partial charge in [0.1, 0.15) is 5.69 Å². The highest BCUT2D eigenvalue weighted by Gasteiger charge is 2.16. The Bertz CT molecular complexity index is 888. The smallest absolute Gasteiger partial charge is 0.178 e. The molecule has 26 heavy (non-hydrogen) atoms. The molecule has 0 bridgehead atoms. The molecule has 0 saturated heterocycles. The highest BCUT2D eigenvalue weighted by atomic mass is 35.5. The Labute approximate surface area is 159 Å². The maximum absolute atomic E-state index is 4.29. The van der Waals surface area contributed by atoms with E-state index in [1.165, 1.54) is 16.7 Å². The van der Waals surface area contributed by atoms with Crippen LogP contribution in [0.15, 0.2) is 48.9 Å². The molecule has 3 heterocycles. The predicted octanol–water partition coefficient (Wildman–Crippen LogP) is 3.67. The van der Waals surface area contributed by atoms with E-state index < -0.39 is 0 Å². The standard InChI is InChI=1S/C20H21N5.ClH/c1-15-5-2-6-17-14-25(12-8-18(15)17)11-3-7-16-13-23-24-19(16)20-21-9-4-10-22-20;/h2-7,9-10,13H,8,11-12,14H2,1H3,(H,23,24);1H/b7-3+;. The molecule has 0 radical (unpaired) electrons. The molecule has 5 nitrogen and oxygen atoms in total. The maximum Gasteiger partial charge on any atom is 0.178 e. The second-order valence-electron chi connectivity index (χ2n) is 6.37. The first kappa shape index (κ1) is 18.3. The van der Waals surface area contributed by atoms with Crippen LogP contribution in [0.4, 0.5) is 0 Å². The molecule has 1 aliphatic rings. The van der Waals surface area contributed by atoms with Crippen molar-refractivity contribution in [2.45, 2.75) is 19.9 Å². The molecule has 1 aliphatic heterocycles. The molecule has 0 atom stereocenters. The summed E-state index contributed by atoms with van der Waals surface area (Å²) in [6.45, 7) is 5.25. The zero-order chi connectivity index (χ0) is 17.1. The minimum Gasteiger partial charge on any atom is -0.295 e. The third-order valence-electron chi connectivity index (χ3n) is 4.70. The third kappa shape index (κ3) is 3.84. The number of aryl methyl sites for hydroxylation is 1. The number of halogens is 1. The van der Waals surface area contributed by atoms with Crippen molar-refractivity contribution in [1.82, 2.24) is 25.1 Å². The summed E-state index contributed by atoms with van der Waals surface area (Å²) in [5.74, 6) is 0.669. The molecule has 4 rings (SSSR count). The van der Waals surface area contributed by atoms with Crippen molar-refractivity contribution < 1.29 is 0 Å². The molecular formula is C20H22ClN5. The van der Waals surface area contributed by atoms with E-state index in [9.17, 15) is 0 Å². The summed E-state index contributed by atoms with van der Waals surface area (Å²) in [7, 11) is 0. The van der Waals surface area contributed by atoms with E-state index in [1.54, 1.807) is 12.4 Å². The van der Waals surface area contributed by atoms with Crippen LogP contribution in [0.25, 0.3) is 17.6 Å². The minimum absolute atomic E-state index is 0. The van der Waals surface area contributed by atoms with E-state index in [0.717, 1.165) is 37.3 Å². The average Bonchev–Trinajstić information content (AvgIpc) is 3.11. The summed E-state index contributed by atoms with van der Waals surface area (Å²) in [6.07, 6.45) is 10.7. The molecule has 0 saturated carbocycles. The monoisotopic (exact) mass is 367 g/mol. The van der Waals surface area contributed by atoms with Crippen LogP contribution in [0.2, 0.25) is 0 Å². The summed E-state index contributed by atoms with van der Waals surface area (Å²) < 4.78 is 0. The van der Waals surface area contributed by atoms with Crippen molar-refractivity contribution in [3.63, 3.8) is 0 Å². The fourth-order valence-electron chi connectivity index (χ4n) is 3.37. The average molecular weight is 368 g/mol. The van der Waals surface area contributed by atoms with Gasteiger partial charge in [-0.1, -0.05) is 30.4 Å². The summed E-state index contributed by atoms with van der Waals surface area (Å²) in [4.78, 5) is 11.0. The molecule has 0 aliphatic carbocycles. The van der Waals surface area contributed by atoms with Crippen LogP contribution in [0.1, 0.15) is 22.3 Å². The second-order valence-corrected chi connectivity index (χ2v) is 6.37. The van der Waals surface area contributed by atoms with Crippen LogP contribution < -0.4 is 0 Å². The van der Waals surface area contributed by atoms with E-state index in [0.29, 0.717) is 5.82 Å². The fraction of sp³-hybridized carbons (Fsp3) is 0.250. The normalized spacial score (nSPS) is 14.2. The van der Waals surface area contributed by atoms with Gasteiger partial charge in [0.05, 0.1) is 6.20 Å². The summed E-state index contributed by atoms with van der Waals surface area (Å²) >= 11 is 0. The van der Waals surface area contributed by atoms with Gasteiger partial charge in [-0.15, -0.1) is 12.4 Å². The molecule has 0 spiro atoms. The Morgan fingerprint density at radius 3 is 2.88 bits per heavy atom. The molecular weight excluding hydrogens is 346 g/mol. The number of aromatic amines is 1. The van der Waals surface area contributed by atoms with Crippen LogP contribution >= 0.6 is 12.4 Å². The SMILES string of the molecule is Cc1cccc2c1CCN(C/C=C/c1cn[nH]c1-c1ncccn1)C2.Cl. The Morgan fingerprint density at radius 1 is 1.19 bits per heavy atom. The number of benzene rings is 1. The number of hydrogen-bond donors (Lipinski definition) is 1. The lowest BCUT2D eigenvalue weighted by atomic mass is 9.95. The molecule has 6 heteroatoms. The molecule has 0 amide bonds. The van der Waals surface area contributed by atoms with Gasteiger partial charge in [0.2, 0.25) is 0 Å². The van der Waals surface area contributed by atoms with E-state index >= 15 is 0 Å². The van der Waals surface area contributed by atoms with Crippen molar-refractivity contribution in [3.8, 4) is 11.5 Å². The molecule has 3 aromatic rings. The lowest BCUT2D eigenvalue weighted by Crippen LogP contribution is -2.31. The third-order valence-corrected chi connectivity index (χ3v) is 4.70. The van der Waals surface area contributed by atoms with E-state index in [2.05, 4.69) is 62.3 Å². The van der Waals surface area contributed by atoms with Crippen molar-refractivity contribution in [2.75, 3.05) is 13.1 Å². The Balaban J connectivity index is 0.00000196. The van der Waals surface area contributed by atoms with Gasteiger partial charge < -0.3 is 0 Å². The number of H-pyrrole nitrogens is 1. The first-order valence-corrected chi connectivity index (χ1v) is 8.58. The maximum atomic E-state index is 4.29. The summed E-state index contributed by atoms with van der Waals surface area (Å²) in [5.41, 5.74) is 6.27. The molecule has 0 unspecified atom stereocenters. The number of nitrogens with one attached hydrogen (secondary N) is 1. The number of fused-ring (bicyclic) bond motifs is 1. The Hall–Kier alpha value is -2.50. The number of aromatic nitrogens is 4. The molecule has 0 fully saturated rings. The molecule has 134 valence electrons. The Kier molecular flexibility index (Phi) is 5.81. The van der Waals surface area contributed by atoms with Crippen molar-refractivity contribution in [1.29, 1.82) is 0 Å². The van der Waals surface area contributed by atoms with Gasteiger partial charge >= 0.3 is 0 Å². The van der Waals surface area contributed by atoms with E-state index in [4.69, 9.17) is 0 Å². The highest BCUT2D eigenvalue weighted by Crippen LogP contribution is 2.22. The van der Waals surface area contributed by atoms with E-state index in [1.807, 2.05) is 12.3 Å². The van der Waals surface area contributed by atoms with E-state index in [-0.39, 0.29) is 12.4 Å². The summed E-state index contributed by atoms with van der Waals surface area (Å²) in [6, 6.07) is 8.43. The predicted molar refractivity (Wildman–Crippen MR) is 106 cm³/mol. The number of rotatable bonds is 4. The second kappa shape index (κ2) is 8.25. The van der Waals surface area contributed by atoms with Crippen LogP contribution in [0, 0.1) is 6.92 Å². The quantitative estimate of drug-likeness (QED) is 0.764. The lowest BCUT2D eigenvalue weighted by molar-refractivity contribution is 0.282. The molecule has 1 aromatic carbocycles. The zero-order valence-electron chi connectivity index (χ0n) is 14.7. The van der Waals surface area contributed by atoms with Gasteiger partial charge in [-0.2, -0.15) is 5.10 Å². The lowest BCUT2D eigenvalue weighted by Gasteiger charge is -2.28. The molecule has 1 N–H and O–H groups in total. The number of nitrogens with zero attached hydrogens (tertiary/aromatic N) is 4. The highest BCUT2D eigenvalue weighted by molar-refractivity contribution is 5.85. The van der Waals surface area contributed by atoms with Crippen LogP contribution in [0.5, 0.6) is 0 Å². The summed E-state index contributed by atoms with van der Waals surface area (Å²) in [5, 5.41) is 7.12. The van der Waals surface area contributed by atoms with Gasteiger partial charge in [0.15, 0.2) is 5.82 Å². The Morgan fingerprint density at radius 2 is 2.04 bits per heavy atom. The van der Waals surface area contributed by atoms with Gasteiger partial charge in [0, 0.05) is 37.6 Å². The van der Waals surface area contributed by atoms with Crippen LogP contribution in [0.3, 0.4) is 0 Å². The molecule has 2 aromatic heterocycles.